The van der Waals surface area contributed by atoms with Crippen molar-refractivity contribution in [2.45, 2.75) is 19.0 Å². The molecule has 2 aromatic rings. The maximum Gasteiger partial charge on any atom is 0.417 e. The molecule has 0 aliphatic rings. The number of alkyl halides is 3. The zero-order valence-electron chi connectivity index (χ0n) is 9.91. The normalized spacial score (nSPS) is 11.6. The van der Waals surface area contributed by atoms with Crippen molar-refractivity contribution in [3.63, 3.8) is 0 Å². The fourth-order valence-electron chi connectivity index (χ4n) is 1.66. The summed E-state index contributed by atoms with van der Waals surface area (Å²) in [6, 6.07) is 8.41. The first kappa shape index (κ1) is 13.5. The molecule has 0 saturated carbocycles. The second-order valence-corrected chi connectivity index (χ2v) is 4.16. The van der Waals surface area contributed by atoms with Gasteiger partial charge in [0.2, 0.25) is 0 Å². The molecule has 100 valence electrons. The molecule has 1 heterocycles. The highest BCUT2D eigenvalue weighted by Crippen LogP contribution is 2.28. The molecule has 0 saturated heterocycles. The lowest BCUT2D eigenvalue weighted by molar-refractivity contribution is -0.137. The van der Waals surface area contributed by atoms with E-state index >= 15 is 0 Å². The molecule has 1 nitrogen and oxygen atoms in total. The summed E-state index contributed by atoms with van der Waals surface area (Å²) >= 11 is 0. The van der Waals surface area contributed by atoms with Gasteiger partial charge in [-0.25, -0.2) is 4.39 Å². The second kappa shape index (κ2) is 5.38. The topological polar surface area (TPSA) is 12.9 Å². The van der Waals surface area contributed by atoms with E-state index in [4.69, 9.17) is 0 Å². The molecule has 0 N–H and O–H groups in total. The molecule has 0 aliphatic carbocycles. The standard InChI is InChI=1S/C14H11F4N/c15-12-5-1-10(2-6-12)3-7-13-8-4-11(9-19-13)14(16,17)18/h1-2,4-6,8-9H,3,7H2. The Morgan fingerprint density at radius 1 is 0.895 bits per heavy atom. The summed E-state index contributed by atoms with van der Waals surface area (Å²) in [5.41, 5.74) is 0.749. The number of pyridine rings is 1. The summed E-state index contributed by atoms with van der Waals surface area (Å²) in [6.45, 7) is 0. The van der Waals surface area contributed by atoms with Crippen molar-refractivity contribution >= 4 is 0 Å². The second-order valence-electron chi connectivity index (χ2n) is 4.16. The van der Waals surface area contributed by atoms with E-state index in [0.717, 1.165) is 17.8 Å². The lowest BCUT2D eigenvalue weighted by atomic mass is 10.1. The Kier molecular flexibility index (Phi) is 3.83. The van der Waals surface area contributed by atoms with Gasteiger partial charge in [0.05, 0.1) is 5.56 Å². The van der Waals surface area contributed by atoms with E-state index in [9.17, 15) is 17.6 Å². The third-order valence-corrected chi connectivity index (χ3v) is 2.74. The van der Waals surface area contributed by atoms with Crippen molar-refractivity contribution in [2.24, 2.45) is 0 Å². The Labute approximate surface area is 107 Å². The van der Waals surface area contributed by atoms with Crippen LogP contribution in [0.5, 0.6) is 0 Å². The summed E-state index contributed by atoms with van der Waals surface area (Å²) in [7, 11) is 0. The fraction of sp³-hybridized carbons (Fsp3) is 0.214. The maximum atomic E-state index is 12.7. The molecule has 2 rings (SSSR count). The van der Waals surface area contributed by atoms with Crippen LogP contribution in [0.3, 0.4) is 0 Å². The largest absolute Gasteiger partial charge is 0.417 e. The molecule has 0 bridgehead atoms. The van der Waals surface area contributed by atoms with Crippen LogP contribution in [0.1, 0.15) is 16.8 Å². The summed E-state index contributed by atoms with van der Waals surface area (Å²) < 4.78 is 49.7. The minimum absolute atomic E-state index is 0.309. The summed E-state index contributed by atoms with van der Waals surface area (Å²) in [5, 5.41) is 0. The third-order valence-electron chi connectivity index (χ3n) is 2.74. The van der Waals surface area contributed by atoms with E-state index in [-0.39, 0.29) is 5.82 Å². The molecule has 19 heavy (non-hydrogen) atoms. The summed E-state index contributed by atoms with van der Waals surface area (Å²) in [6.07, 6.45) is -2.40. The smallest absolute Gasteiger partial charge is 0.261 e. The zero-order chi connectivity index (χ0) is 13.9. The van der Waals surface area contributed by atoms with Crippen molar-refractivity contribution in [3.05, 3.63) is 65.2 Å². The molecule has 0 atom stereocenters. The third kappa shape index (κ3) is 3.77. The minimum atomic E-state index is -4.36. The van der Waals surface area contributed by atoms with Crippen molar-refractivity contribution in [1.82, 2.24) is 4.98 Å². The molecule has 1 aromatic carbocycles. The number of aryl methyl sites for hydroxylation is 2. The number of halogens is 4. The van der Waals surface area contributed by atoms with Gasteiger partial charge in [-0.1, -0.05) is 12.1 Å². The molecule has 1 aromatic heterocycles. The summed E-state index contributed by atoms with van der Waals surface area (Å²) in [5.74, 6) is -0.309. The van der Waals surface area contributed by atoms with Gasteiger partial charge in [0, 0.05) is 11.9 Å². The first-order valence-electron chi connectivity index (χ1n) is 5.72. The van der Waals surface area contributed by atoms with E-state index < -0.39 is 11.7 Å². The van der Waals surface area contributed by atoms with Crippen molar-refractivity contribution in [3.8, 4) is 0 Å². The Balaban J connectivity index is 1.98. The highest BCUT2D eigenvalue weighted by atomic mass is 19.4. The van der Waals surface area contributed by atoms with Crippen LogP contribution in [0.25, 0.3) is 0 Å². The van der Waals surface area contributed by atoms with E-state index in [1.807, 2.05) is 0 Å². The Bertz CT molecular complexity index is 529. The van der Waals surface area contributed by atoms with Gasteiger partial charge >= 0.3 is 6.18 Å². The molecule has 5 heteroatoms. The number of hydrogen-bond acceptors (Lipinski definition) is 1. The molecule has 0 unspecified atom stereocenters. The van der Waals surface area contributed by atoms with Gasteiger partial charge in [-0.3, -0.25) is 4.98 Å². The molecule has 0 spiro atoms. The SMILES string of the molecule is Fc1ccc(CCc2ccc(C(F)(F)F)cn2)cc1. The number of hydrogen-bond donors (Lipinski definition) is 0. The summed E-state index contributed by atoms with van der Waals surface area (Å²) in [4.78, 5) is 3.78. The predicted molar refractivity (Wildman–Crippen MR) is 63.0 cm³/mol. The quantitative estimate of drug-likeness (QED) is 0.767. The highest BCUT2D eigenvalue weighted by molar-refractivity contribution is 5.20. The number of rotatable bonds is 3. The number of nitrogens with zero attached hydrogens (tertiary/aromatic N) is 1. The van der Waals surface area contributed by atoms with Crippen LogP contribution in [0.2, 0.25) is 0 Å². The van der Waals surface area contributed by atoms with Crippen LogP contribution in [0.4, 0.5) is 17.6 Å². The van der Waals surface area contributed by atoms with Crippen LogP contribution >= 0.6 is 0 Å². The van der Waals surface area contributed by atoms with Crippen LogP contribution in [0.15, 0.2) is 42.6 Å². The minimum Gasteiger partial charge on any atom is -0.261 e. The van der Waals surface area contributed by atoms with E-state index in [2.05, 4.69) is 4.98 Å². The van der Waals surface area contributed by atoms with Crippen molar-refractivity contribution < 1.29 is 17.6 Å². The molecule has 0 fully saturated rings. The number of benzene rings is 1. The van der Waals surface area contributed by atoms with Gasteiger partial charge in [0.15, 0.2) is 0 Å². The van der Waals surface area contributed by atoms with Crippen molar-refractivity contribution in [1.29, 1.82) is 0 Å². The maximum absolute atomic E-state index is 12.7. The number of aromatic nitrogens is 1. The van der Waals surface area contributed by atoms with E-state index in [1.54, 1.807) is 12.1 Å². The van der Waals surface area contributed by atoms with Gasteiger partial charge in [-0.05, 0) is 42.7 Å². The predicted octanol–water partition coefficient (Wildman–Crippen LogP) is 4.02. The van der Waals surface area contributed by atoms with Crippen molar-refractivity contribution in [2.75, 3.05) is 0 Å². The van der Waals surface area contributed by atoms with Gasteiger partial charge < -0.3 is 0 Å². The lowest BCUT2D eigenvalue weighted by Crippen LogP contribution is -2.06. The first-order valence-corrected chi connectivity index (χ1v) is 5.72. The molecule has 0 aliphatic heterocycles. The molecule has 0 radical (unpaired) electrons. The Morgan fingerprint density at radius 2 is 1.58 bits per heavy atom. The van der Waals surface area contributed by atoms with Crippen LogP contribution in [-0.4, -0.2) is 4.98 Å². The van der Waals surface area contributed by atoms with E-state index in [1.165, 1.54) is 18.2 Å². The highest BCUT2D eigenvalue weighted by Gasteiger charge is 2.30. The van der Waals surface area contributed by atoms with E-state index in [0.29, 0.717) is 18.5 Å². The lowest BCUT2D eigenvalue weighted by Gasteiger charge is -2.07. The Hall–Kier alpha value is -1.91. The monoisotopic (exact) mass is 269 g/mol. The van der Waals surface area contributed by atoms with Crippen LogP contribution < -0.4 is 0 Å². The fourth-order valence-corrected chi connectivity index (χ4v) is 1.66. The average molecular weight is 269 g/mol. The molecular formula is C14H11F4N. The zero-order valence-corrected chi connectivity index (χ0v) is 9.91. The van der Waals surface area contributed by atoms with Crippen LogP contribution in [-0.2, 0) is 19.0 Å². The molecule has 0 amide bonds. The first-order chi connectivity index (χ1) is 8.95. The average Bonchev–Trinajstić information content (AvgIpc) is 2.37. The van der Waals surface area contributed by atoms with Gasteiger partial charge in [-0.2, -0.15) is 13.2 Å². The Morgan fingerprint density at radius 3 is 2.11 bits per heavy atom. The van der Waals surface area contributed by atoms with Crippen LogP contribution in [0, 0.1) is 5.82 Å². The van der Waals surface area contributed by atoms with Gasteiger partial charge in [0.1, 0.15) is 5.82 Å². The van der Waals surface area contributed by atoms with Gasteiger partial charge in [0.25, 0.3) is 0 Å². The molecular weight excluding hydrogens is 258 g/mol. The van der Waals surface area contributed by atoms with Gasteiger partial charge in [-0.15, -0.1) is 0 Å².